The average molecular weight is 393 g/mol. The number of aromatic nitrogens is 4. The summed E-state index contributed by atoms with van der Waals surface area (Å²) < 4.78 is 16.1. The molecule has 1 amide bonds. The van der Waals surface area contributed by atoms with Gasteiger partial charge < -0.3 is 19.5 Å². The van der Waals surface area contributed by atoms with E-state index >= 15 is 0 Å². The molecule has 0 saturated heterocycles. The third kappa shape index (κ3) is 3.33. The number of methoxy groups -OCH3 is 3. The van der Waals surface area contributed by atoms with Crippen molar-refractivity contribution in [2.75, 3.05) is 26.6 Å². The van der Waals surface area contributed by atoms with Crippen LogP contribution in [-0.4, -0.2) is 47.6 Å². The molecule has 0 aliphatic rings. The molecule has 4 aromatic rings. The maximum atomic E-state index is 12.6. The molecule has 0 spiro atoms. The van der Waals surface area contributed by atoms with Crippen LogP contribution in [0.2, 0.25) is 0 Å². The Bertz CT molecular complexity index is 1160. The van der Waals surface area contributed by atoms with Gasteiger partial charge in [-0.2, -0.15) is 10.2 Å². The number of para-hydroxylation sites is 1. The lowest BCUT2D eigenvalue weighted by Gasteiger charge is -2.13. The van der Waals surface area contributed by atoms with Crippen molar-refractivity contribution >= 4 is 22.6 Å². The number of hydrogen-bond acceptors (Lipinski definition) is 6. The second kappa shape index (κ2) is 7.55. The van der Waals surface area contributed by atoms with Gasteiger partial charge in [0.05, 0.1) is 32.5 Å². The summed E-state index contributed by atoms with van der Waals surface area (Å²) in [5.41, 5.74) is 2.53. The van der Waals surface area contributed by atoms with Crippen LogP contribution in [0.1, 0.15) is 10.5 Å². The number of ether oxygens (including phenoxy) is 3. The highest BCUT2D eigenvalue weighted by Gasteiger charge is 2.18. The van der Waals surface area contributed by atoms with E-state index in [4.69, 9.17) is 14.2 Å². The Morgan fingerprint density at radius 3 is 2.34 bits per heavy atom. The molecule has 0 aliphatic carbocycles. The molecule has 0 bridgehead atoms. The third-order valence-corrected chi connectivity index (χ3v) is 4.48. The number of nitrogens with one attached hydrogen (secondary N) is 3. The summed E-state index contributed by atoms with van der Waals surface area (Å²) in [7, 11) is 4.64. The fourth-order valence-corrected chi connectivity index (χ4v) is 3.08. The van der Waals surface area contributed by atoms with Gasteiger partial charge in [-0.05, 0) is 18.2 Å². The highest BCUT2D eigenvalue weighted by Crippen LogP contribution is 2.41. The van der Waals surface area contributed by atoms with Gasteiger partial charge in [0.2, 0.25) is 5.75 Å². The summed E-state index contributed by atoms with van der Waals surface area (Å²) in [6, 6.07) is 12.7. The lowest BCUT2D eigenvalue weighted by Crippen LogP contribution is -2.13. The van der Waals surface area contributed by atoms with Crippen molar-refractivity contribution in [1.29, 1.82) is 0 Å². The summed E-state index contributed by atoms with van der Waals surface area (Å²) in [5, 5.41) is 17.5. The molecule has 2 heterocycles. The Balaban J connectivity index is 1.61. The number of H-pyrrole nitrogens is 2. The van der Waals surface area contributed by atoms with Gasteiger partial charge in [-0.1, -0.05) is 18.2 Å². The second-order valence-corrected chi connectivity index (χ2v) is 6.15. The first kappa shape index (κ1) is 18.4. The highest BCUT2D eigenvalue weighted by molar-refractivity contribution is 6.10. The van der Waals surface area contributed by atoms with E-state index in [0.29, 0.717) is 34.5 Å². The molecule has 148 valence electrons. The number of fused-ring (bicyclic) bond motifs is 1. The molecule has 2 aromatic carbocycles. The molecule has 4 rings (SSSR count). The summed E-state index contributed by atoms with van der Waals surface area (Å²) in [4.78, 5) is 12.6. The van der Waals surface area contributed by atoms with Crippen LogP contribution in [0.15, 0.2) is 42.5 Å². The first-order valence-corrected chi connectivity index (χ1v) is 8.75. The fraction of sp³-hybridized carbons (Fsp3) is 0.150. The van der Waals surface area contributed by atoms with Crippen molar-refractivity contribution in [2.24, 2.45) is 0 Å². The summed E-state index contributed by atoms with van der Waals surface area (Å²) >= 11 is 0. The summed E-state index contributed by atoms with van der Waals surface area (Å²) in [6.07, 6.45) is 0. The predicted octanol–water partition coefficient (Wildman–Crippen LogP) is 3.23. The van der Waals surface area contributed by atoms with E-state index in [1.807, 2.05) is 24.3 Å². The Kier molecular flexibility index (Phi) is 4.78. The lowest BCUT2D eigenvalue weighted by atomic mass is 10.1. The molecular formula is C20H19N5O4. The standard InChI is InChI=1S/C20H19N5O4/c1-27-15-8-11(9-16(28-2)19(15)29-3)14-10-17(24-23-14)21-20(26)18-12-6-4-5-7-13(12)22-25-18/h4-10H,1-3H3,(H,22,25)(H2,21,23,24,26). The molecule has 0 saturated carbocycles. The zero-order valence-corrected chi connectivity index (χ0v) is 16.1. The minimum atomic E-state index is -0.356. The zero-order valence-electron chi connectivity index (χ0n) is 16.1. The van der Waals surface area contributed by atoms with E-state index in [2.05, 4.69) is 25.7 Å². The molecule has 0 unspecified atom stereocenters. The molecule has 0 aliphatic heterocycles. The van der Waals surface area contributed by atoms with Crippen molar-refractivity contribution in [3.05, 3.63) is 48.2 Å². The van der Waals surface area contributed by atoms with Crippen LogP contribution >= 0.6 is 0 Å². The maximum absolute atomic E-state index is 12.6. The number of rotatable bonds is 6. The minimum absolute atomic E-state index is 0.304. The van der Waals surface area contributed by atoms with Crippen molar-refractivity contribution in [3.8, 4) is 28.5 Å². The van der Waals surface area contributed by atoms with E-state index < -0.39 is 0 Å². The second-order valence-electron chi connectivity index (χ2n) is 6.15. The van der Waals surface area contributed by atoms with E-state index in [9.17, 15) is 4.79 Å². The van der Waals surface area contributed by atoms with Crippen LogP contribution in [-0.2, 0) is 0 Å². The normalized spacial score (nSPS) is 10.7. The van der Waals surface area contributed by atoms with Crippen LogP contribution in [0.4, 0.5) is 5.82 Å². The lowest BCUT2D eigenvalue weighted by molar-refractivity contribution is 0.102. The molecule has 29 heavy (non-hydrogen) atoms. The molecule has 9 heteroatoms. The Labute approximate surface area is 166 Å². The highest BCUT2D eigenvalue weighted by atomic mass is 16.5. The number of hydrogen-bond donors (Lipinski definition) is 3. The van der Waals surface area contributed by atoms with Gasteiger partial charge in [-0.3, -0.25) is 15.0 Å². The Morgan fingerprint density at radius 2 is 1.66 bits per heavy atom. The maximum Gasteiger partial charge on any atom is 0.278 e. The van der Waals surface area contributed by atoms with Crippen LogP contribution in [0.3, 0.4) is 0 Å². The van der Waals surface area contributed by atoms with Gasteiger partial charge in [0, 0.05) is 17.0 Å². The van der Waals surface area contributed by atoms with Crippen molar-refractivity contribution in [3.63, 3.8) is 0 Å². The molecule has 9 nitrogen and oxygen atoms in total. The van der Waals surface area contributed by atoms with Crippen LogP contribution in [0.5, 0.6) is 17.2 Å². The number of carbonyl (C=O) groups excluding carboxylic acids is 1. The van der Waals surface area contributed by atoms with Gasteiger partial charge in [-0.15, -0.1) is 0 Å². The van der Waals surface area contributed by atoms with Crippen molar-refractivity contribution in [2.45, 2.75) is 0 Å². The van der Waals surface area contributed by atoms with Crippen LogP contribution in [0, 0.1) is 0 Å². The van der Waals surface area contributed by atoms with Gasteiger partial charge >= 0.3 is 0 Å². The topological polar surface area (TPSA) is 114 Å². The van der Waals surface area contributed by atoms with E-state index in [1.165, 1.54) is 0 Å². The van der Waals surface area contributed by atoms with Crippen LogP contribution < -0.4 is 19.5 Å². The monoisotopic (exact) mass is 393 g/mol. The number of carbonyl (C=O) groups is 1. The quantitative estimate of drug-likeness (QED) is 0.463. The van der Waals surface area contributed by atoms with E-state index in [1.54, 1.807) is 39.5 Å². The number of anilines is 1. The van der Waals surface area contributed by atoms with Gasteiger partial charge in [0.15, 0.2) is 23.0 Å². The van der Waals surface area contributed by atoms with Crippen molar-refractivity contribution < 1.29 is 19.0 Å². The average Bonchev–Trinajstić information content (AvgIpc) is 3.39. The van der Waals surface area contributed by atoms with Gasteiger partial charge in [-0.25, -0.2) is 0 Å². The number of amides is 1. The zero-order chi connectivity index (χ0) is 20.4. The summed E-state index contributed by atoms with van der Waals surface area (Å²) in [5.74, 6) is 1.54. The number of nitrogens with zero attached hydrogens (tertiary/aromatic N) is 2. The molecular weight excluding hydrogens is 374 g/mol. The van der Waals surface area contributed by atoms with E-state index in [0.717, 1.165) is 16.5 Å². The Morgan fingerprint density at radius 1 is 0.931 bits per heavy atom. The fourth-order valence-electron chi connectivity index (χ4n) is 3.08. The van der Waals surface area contributed by atoms with Gasteiger partial charge in [0.1, 0.15) is 0 Å². The van der Waals surface area contributed by atoms with Crippen LogP contribution in [0.25, 0.3) is 22.2 Å². The SMILES string of the molecule is COc1cc(-c2cc(NC(=O)c3n[nH]c4ccccc34)n[nH]2)cc(OC)c1OC. The predicted molar refractivity (Wildman–Crippen MR) is 108 cm³/mol. The van der Waals surface area contributed by atoms with E-state index in [-0.39, 0.29) is 5.91 Å². The van der Waals surface area contributed by atoms with Gasteiger partial charge in [0.25, 0.3) is 5.91 Å². The molecule has 0 atom stereocenters. The molecule has 2 aromatic heterocycles. The third-order valence-electron chi connectivity index (χ3n) is 4.48. The smallest absolute Gasteiger partial charge is 0.278 e. The number of aromatic amines is 2. The molecule has 0 fully saturated rings. The largest absolute Gasteiger partial charge is 0.493 e. The number of benzene rings is 2. The molecule has 3 N–H and O–H groups in total. The minimum Gasteiger partial charge on any atom is -0.493 e. The molecule has 0 radical (unpaired) electrons. The summed E-state index contributed by atoms with van der Waals surface area (Å²) in [6.45, 7) is 0. The first-order chi connectivity index (χ1) is 14.1. The van der Waals surface area contributed by atoms with Crippen molar-refractivity contribution in [1.82, 2.24) is 20.4 Å². The first-order valence-electron chi connectivity index (χ1n) is 8.75. The Hall–Kier alpha value is -4.01.